The molecule has 0 saturated carbocycles. The van der Waals surface area contributed by atoms with Crippen molar-refractivity contribution < 1.29 is 9.52 Å². The SMILES string of the molecule is OCCc1ccc(Nc2cccc(-c3nc4ncccc4o3)c2)cc1. The highest BCUT2D eigenvalue weighted by Gasteiger charge is 2.09. The molecule has 0 radical (unpaired) electrons. The minimum Gasteiger partial charge on any atom is -0.434 e. The zero-order valence-electron chi connectivity index (χ0n) is 13.5. The Balaban J connectivity index is 1.58. The van der Waals surface area contributed by atoms with E-state index in [0.717, 1.165) is 22.5 Å². The second kappa shape index (κ2) is 6.75. The van der Waals surface area contributed by atoms with Gasteiger partial charge in [-0.1, -0.05) is 18.2 Å². The molecule has 0 amide bonds. The third-order valence-electron chi connectivity index (χ3n) is 3.92. The number of rotatable bonds is 5. The van der Waals surface area contributed by atoms with Crippen molar-refractivity contribution in [3.05, 3.63) is 72.4 Å². The van der Waals surface area contributed by atoms with Crippen molar-refractivity contribution >= 4 is 22.6 Å². The number of hydrogen-bond donors (Lipinski definition) is 2. The molecule has 5 heteroatoms. The molecular weight excluding hydrogens is 314 g/mol. The van der Waals surface area contributed by atoms with E-state index in [0.29, 0.717) is 23.5 Å². The van der Waals surface area contributed by atoms with Crippen molar-refractivity contribution in [2.24, 2.45) is 0 Å². The molecule has 2 N–H and O–H groups in total. The highest BCUT2D eigenvalue weighted by Crippen LogP contribution is 2.26. The second-order valence-corrected chi connectivity index (χ2v) is 5.72. The van der Waals surface area contributed by atoms with Crippen molar-refractivity contribution in [2.75, 3.05) is 11.9 Å². The fourth-order valence-electron chi connectivity index (χ4n) is 2.67. The Morgan fingerprint density at radius 2 is 1.84 bits per heavy atom. The van der Waals surface area contributed by atoms with Crippen molar-refractivity contribution in [3.63, 3.8) is 0 Å². The molecule has 0 aliphatic heterocycles. The standard InChI is InChI=1S/C20H17N3O2/c24-12-10-14-6-8-16(9-7-14)22-17-4-1-3-15(13-17)20-23-19-18(25-20)5-2-11-21-19/h1-9,11,13,22,24H,10,12H2. The molecule has 124 valence electrons. The summed E-state index contributed by atoms with van der Waals surface area (Å²) in [7, 11) is 0. The van der Waals surface area contributed by atoms with Crippen LogP contribution in [0.5, 0.6) is 0 Å². The summed E-state index contributed by atoms with van der Waals surface area (Å²) >= 11 is 0. The van der Waals surface area contributed by atoms with Crippen LogP contribution in [0.25, 0.3) is 22.7 Å². The van der Waals surface area contributed by atoms with E-state index in [1.165, 1.54) is 0 Å². The van der Waals surface area contributed by atoms with Gasteiger partial charge in [0.2, 0.25) is 5.89 Å². The summed E-state index contributed by atoms with van der Waals surface area (Å²) in [5, 5.41) is 12.4. The quantitative estimate of drug-likeness (QED) is 0.574. The number of anilines is 2. The van der Waals surface area contributed by atoms with E-state index in [4.69, 9.17) is 9.52 Å². The maximum atomic E-state index is 8.98. The topological polar surface area (TPSA) is 71.2 Å². The number of aliphatic hydroxyl groups is 1. The summed E-state index contributed by atoms with van der Waals surface area (Å²) in [6.07, 6.45) is 2.37. The summed E-state index contributed by atoms with van der Waals surface area (Å²) in [5.74, 6) is 0.552. The molecule has 0 saturated heterocycles. The maximum Gasteiger partial charge on any atom is 0.228 e. The number of aromatic nitrogens is 2. The molecule has 0 aliphatic rings. The Morgan fingerprint density at radius 3 is 2.64 bits per heavy atom. The number of nitrogens with one attached hydrogen (secondary N) is 1. The van der Waals surface area contributed by atoms with E-state index in [1.54, 1.807) is 6.20 Å². The molecule has 0 aliphatic carbocycles. The third-order valence-corrected chi connectivity index (χ3v) is 3.92. The summed E-state index contributed by atoms with van der Waals surface area (Å²) in [6.45, 7) is 0.161. The lowest BCUT2D eigenvalue weighted by Crippen LogP contribution is -1.93. The van der Waals surface area contributed by atoms with Crippen molar-refractivity contribution in [3.8, 4) is 11.5 Å². The number of oxazole rings is 1. The Kier molecular flexibility index (Phi) is 4.14. The van der Waals surface area contributed by atoms with Crippen LogP contribution in [0.4, 0.5) is 11.4 Å². The van der Waals surface area contributed by atoms with Gasteiger partial charge in [-0.25, -0.2) is 4.98 Å². The molecule has 0 unspecified atom stereocenters. The predicted octanol–water partition coefficient (Wildman–Crippen LogP) is 4.17. The fraction of sp³-hybridized carbons (Fsp3) is 0.100. The van der Waals surface area contributed by atoms with Crippen molar-refractivity contribution in [1.29, 1.82) is 0 Å². The summed E-state index contributed by atoms with van der Waals surface area (Å²) in [5.41, 5.74) is 5.21. The highest BCUT2D eigenvalue weighted by atomic mass is 16.3. The molecule has 2 heterocycles. The van der Waals surface area contributed by atoms with Crippen LogP contribution in [0.15, 0.2) is 71.3 Å². The van der Waals surface area contributed by atoms with Gasteiger partial charge >= 0.3 is 0 Å². The van der Waals surface area contributed by atoms with E-state index in [2.05, 4.69) is 15.3 Å². The first-order valence-electron chi connectivity index (χ1n) is 8.11. The number of benzene rings is 2. The van der Waals surface area contributed by atoms with Crippen LogP contribution in [0.3, 0.4) is 0 Å². The molecule has 2 aromatic carbocycles. The van der Waals surface area contributed by atoms with Gasteiger partial charge in [0.15, 0.2) is 11.2 Å². The van der Waals surface area contributed by atoms with Gasteiger partial charge in [-0.15, -0.1) is 0 Å². The predicted molar refractivity (Wildman–Crippen MR) is 97.8 cm³/mol. The molecule has 0 fully saturated rings. The van der Waals surface area contributed by atoms with E-state index in [-0.39, 0.29) is 6.61 Å². The molecule has 2 aromatic heterocycles. The first-order valence-corrected chi connectivity index (χ1v) is 8.11. The Bertz CT molecular complexity index is 960. The fourth-order valence-corrected chi connectivity index (χ4v) is 2.67. The zero-order chi connectivity index (χ0) is 17.1. The third kappa shape index (κ3) is 3.36. The molecule has 5 nitrogen and oxygen atoms in total. The minimum atomic E-state index is 0.161. The lowest BCUT2D eigenvalue weighted by molar-refractivity contribution is 0.299. The van der Waals surface area contributed by atoms with Crippen LogP contribution >= 0.6 is 0 Å². The Hall–Kier alpha value is -3.18. The van der Waals surface area contributed by atoms with Gasteiger partial charge in [-0.05, 0) is 54.4 Å². The molecule has 25 heavy (non-hydrogen) atoms. The first kappa shape index (κ1) is 15.4. The molecule has 0 spiro atoms. The van der Waals surface area contributed by atoms with Crippen LogP contribution in [-0.4, -0.2) is 21.7 Å². The van der Waals surface area contributed by atoms with Gasteiger partial charge in [0.05, 0.1) is 0 Å². The number of nitrogens with zero attached hydrogens (tertiary/aromatic N) is 2. The zero-order valence-corrected chi connectivity index (χ0v) is 13.5. The van der Waals surface area contributed by atoms with Crippen molar-refractivity contribution in [1.82, 2.24) is 9.97 Å². The minimum absolute atomic E-state index is 0.161. The van der Waals surface area contributed by atoms with Crippen LogP contribution in [-0.2, 0) is 6.42 Å². The van der Waals surface area contributed by atoms with Gasteiger partial charge in [-0.2, -0.15) is 4.98 Å². The summed E-state index contributed by atoms with van der Waals surface area (Å²) in [6, 6.07) is 19.6. The number of hydrogen-bond acceptors (Lipinski definition) is 5. The van der Waals surface area contributed by atoms with E-state index >= 15 is 0 Å². The smallest absolute Gasteiger partial charge is 0.228 e. The second-order valence-electron chi connectivity index (χ2n) is 5.72. The highest BCUT2D eigenvalue weighted by molar-refractivity contribution is 5.73. The van der Waals surface area contributed by atoms with Gasteiger partial charge in [0.1, 0.15) is 0 Å². The number of pyridine rings is 1. The van der Waals surface area contributed by atoms with Gasteiger partial charge in [0, 0.05) is 29.7 Å². The molecule has 0 atom stereocenters. The lowest BCUT2D eigenvalue weighted by Gasteiger charge is -2.08. The van der Waals surface area contributed by atoms with E-state index in [9.17, 15) is 0 Å². The number of fused-ring (bicyclic) bond motifs is 1. The average molecular weight is 331 g/mol. The Morgan fingerprint density at radius 1 is 0.960 bits per heavy atom. The monoisotopic (exact) mass is 331 g/mol. The van der Waals surface area contributed by atoms with Crippen LogP contribution in [0, 0.1) is 0 Å². The Labute approximate surface area is 145 Å². The summed E-state index contributed by atoms with van der Waals surface area (Å²) < 4.78 is 5.78. The van der Waals surface area contributed by atoms with Gasteiger partial charge in [0.25, 0.3) is 0 Å². The van der Waals surface area contributed by atoms with Gasteiger partial charge in [-0.3, -0.25) is 0 Å². The molecule has 4 rings (SSSR count). The van der Waals surface area contributed by atoms with Crippen molar-refractivity contribution in [2.45, 2.75) is 6.42 Å². The lowest BCUT2D eigenvalue weighted by atomic mass is 10.1. The summed E-state index contributed by atoms with van der Waals surface area (Å²) in [4.78, 5) is 8.64. The number of aliphatic hydroxyl groups excluding tert-OH is 1. The molecular formula is C20H17N3O2. The van der Waals surface area contributed by atoms with Crippen LogP contribution < -0.4 is 5.32 Å². The van der Waals surface area contributed by atoms with Crippen LogP contribution in [0.2, 0.25) is 0 Å². The molecule has 0 bridgehead atoms. The maximum absolute atomic E-state index is 8.98. The average Bonchev–Trinajstić information content (AvgIpc) is 3.08. The van der Waals surface area contributed by atoms with E-state index in [1.807, 2.05) is 60.7 Å². The molecule has 4 aromatic rings. The van der Waals surface area contributed by atoms with Gasteiger partial charge < -0.3 is 14.8 Å². The van der Waals surface area contributed by atoms with Crippen LogP contribution in [0.1, 0.15) is 5.56 Å². The largest absolute Gasteiger partial charge is 0.434 e. The first-order chi connectivity index (χ1) is 12.3. The van der Waals surface area contributed by atoms with E-state index < -0.39 is 0 Å². The normalized spacial score (nSPS) is 10.9.